The molecular weight excluding hydrogens is 328 g/mol. The van der Waals surface area contributed by atoms with E-state index >= 15 is 0 Å². The first-order valence-electron chi connectivity index (χ1n) is 7.55. The molecule has 3 rings (SSSR count). The summed E-state index contributed by atoms with van der Waals surface area (Å²) in [5, 5.41) is 11.1. The number of nitrogens with zero attached hydrogens (tertiary/aromatic N) is 4. The summed E-state index contributed by atoms with van der Waals surface area (Å²) in [6, 6.07) is 9.24. The largest absolute Gasteiger partial charge is 0.419 e. The topological polar surface area (TPSA) is 90.9 Å². The van der Waals surface area contributed by atoms with Crippen LogP contribution in [-0.4, -0.2) is 34.1 Å². The zero-order chi connectivity index (χ0) is 17.2. The summed E-state index contributed by atoms with van der Waals surface area (Å²) in [7, 11) is -3.43. The third-order valence-electron chi connectivity index (χ3n) is 3.72. The third kappa shape index (κ3) is 3.53. The van der Waals surface area contributed by atoms with E-state index in [1.165, 1.54) is 0 Å². The van der Waals surface area contributed by atoms with Gasteiger partial charge < -0.3 is 4.42 Å². The van der Waals surface area contributed by atoms with Gasteiger partial charge in [0, 0.05) is 11.8 Å². The highest BCUT2D eigenvalue weighted by Crippen LogP contribution is 2.25. The van der Waals surface area contributed by atoms with Crippen LogP contribution in [0.4, 0.5) is 0 Å². The molecule has 1 atom stereocenters. The first kappa shape index (κ1) is 16.4. The molecule has 0 aliphatic rings. The lowest BCUT2D eigenvalue weighted by Gasteiger charge is -2.09. The van der Waals surface area contributed by atoms with Gasteiger partial charge in [0.15, 0.2) is 9.84 Å². The van der Waals surface area contributed by atoms with Crippen molar-refractivity contribution in [3.63, 3.8) is 0 Å². The van der Waals surface area contributed by atoms with E-state index in [1.54, 1.807) is 24.0 Å². The van der Waals surface area contributed by atoms with Gasteiger partial charge in [-0.25, -0.2) is 8.42 Å². The van der Waals surface area contributed by atoms with Crippen LogP contribution in [-0.2, 0) is 16.4 Å². The van der Waals surface area contributed by atoms with Crippen LogP contribution in [0.25, 0.3) is 11.5 Å². The van der Waals surface area contributed by atoms with Crippen molar-refractivity contribution in [2.45, 2.75) is 25.6 Å². The van der Waals surface area contributed by atoms with E-state index in [0.717, 1.165) is 11.1 Å². The molecule has 1 unspecified atom stereocenters. The Morgan fingerprint density at radius 1 is 1.21 bits per heavy atom. The molecule has 0 bridgehead atoms. The van der Waals surface area contributed by atoms with Crippen LogP contribution in [0, 0.1) is 6.92 Å². The zero-order valence-electron chi connectivity index (χ0n) is 13.5. The van der Waals surface area contributed by atoms with E-state index in [-0.39, 0.29) is 11.6 Å². The molecule has 24 heavy (non-hydrogen) atoms. The molecule has 0 N–H and O–H groups in total. The monoisotopic (exact) mass is 346 g/mol. The molecule has 7 nitrogen and oxygen atoms in total. The Morgan fingerprint density at radius 2 is 1.96 bits per heavy atom. The maximum atomic E-state index is 12.5. The molecule has 0 spiro atoms. The zero-order valence-corrected chi connectivity index (χ0v) is 14.3. The van der Waals surface area contributed by atoms with Gasteiger partial charge in [0.1, 0.15) is 5.25 Å². The Morgan fingerprint density at radius 3 is 2.62 bits per heavy atom. The van der Waals surface area contributed by atoms with Crippen LogP contribution in [0.15, 0.2) is 47.1 Å². The number of rotatable bonds is 6. The van der Waals surface area contributed by atoms with Crippen LogP contribution < -0.4 is 0 Å². The Labute approximate surface area is 140 Å². The van der Waals surface area contributed by atoms with E-state index in [1.807, 2.05) is 37.3 Å². The van der Waals surface area contributed by atoms with Crippen LogP contribution in [0.2, 0.25) is 0 Å². The summed E-state index contributed by atoms with van der Waals surface area (Å²) in [6.07, 6.45) is 3.50. The fraction of sp³-hybridized carbons (Fsp3) is 0.312. The number of sulfone groups is 1. The Hall–Kier alpha value is -2.48. The molecule has 126 valence electrons. The van der Waals surface area contributed by atoms with E-state index in [0.29, 0.717) is 12.4 Å². The van der Waals surface area contributed by atoms with Crippen LogP contribution >= 0.6 is 0 Å². The smallest absolute Gasteiger partial charge is 0.247 e. The SMILES string of the molecule is Cc1cnn(CCS(=O)(=O)C(C)c2nnc(-c3ccccc3)o2)c1. The highest BCUT2D eigenvalue weighted by Gasteiger charge is 2.28. The van der Waals surface area contributed by atoms with Gasteiger partial charge in [-0.1, -0.05) is 18.2 Å². The Bertz CT molecular complexity index is 916. The summed E-state index contributed by atoms with van der Waals surface area (Å²) in [6.45, 7) is 3.76. The molecular formula is C16H18N4O3S. The minimum atomic E-state index is -3.43. The molecule has 8 heteroatoms. The number of aryl methyl sites for hydroxylation is 2. The van der Waals surface area contributed by atoms with Crippen molar-refractivity contribution in [3.05, 3.63) is 54.2 Å². The molecule has 0 amide bonds. The molecule has 1 aromatic carbocycles. The van der Waals surface area contributed by atoms with E-state index in [9.17, 15) is 8.42 Å². The highest BCUT2D eigenvalue weighted by molar-refractivity contribution is 7.91. The highest BCUT2D eigenvalue weighted by atomic mass is 32.2. The lowest BCUT2D eigenvalue weighted by molar-refractivity contribution is 0.492. The molecule has 0 saturated carbocycles. The summed E-state index contributed by atoms with van der Waals surface area (Å²) < 4.78 is 32.1. The normalized spacial score (nSPS) is 13.1. The summed E-state index contributed by atoms with van der Waals surface area (Å²) in [5.74, 6) is 0.374. The second kappa shape index (κ2) is 6.56. The van der Waals surface area contributed by atoms with Crippen LogP contribution in [0.1, 0.15) is 23.6 Å². The molecule has 0 saturated heterocycles. The lowest BCUT2D eigenvalue weighted by atomic mass is 10.2. The first-order chi connectivity index (χ1) is 11.5. The van der Waals surface area contributed by atoms with Crippen LogP contribution in [0.3, 0.4) is 0 Å². The van der Waals surface area contributed by atoms with Gasteiger partial charge in [0.05, 0.1) is 18.5 Å². The van der Waals surface area contributed by atoms with E-state index < -0.39 is 15.1 Å². The van der Waals surface area contributed by atoms with Gasteiger partial charge in [-0.15, -0.1) is 10.2 Å². The second-order valence-corrected chi connectivity index (χ2v) is 8.04. The number of aromatic nitrogens is 4. The quantitative estimate of drug-likeness (QED) is 0.681. The summed E-state index contributed by atoms with van der Waals surface area (Å²) in [5.41, 5.74) is 1.75. The number of hydrogen-bond donors (Lipinski definition) is 0. The van der Waals surface area contributed by atoms with Gasteiger partial charge in [-0.2, -0.15) is 5.10 Å². The summed E-state index contributed by atoms with van der Waals surface area (Å²) in [4.78, 5) is 0. The third-order valence-corrected chi connectivity index (χ3v) is 5.75. The van der Waals surface area contributed by atoms with Gasteiger partial charge in [-0.3, -0.25) is 4.68 Å². The maximum Gasteiger partial charge on any atom is 0.247 e. The van der Waals surface area contributed by atoms with Gasteiger partial charge in [0.2, 0.25) is 11.8 Å². The number of hydrogen-bond acceptors (Lipinski definition) is 6. The average molecular weight is 346 g/mol. The minimum absolute atomic E-state index is 0.0433. The fourth-order valence-corrected chi connectivity index (χ4v) is 3.43. The molecule has 2 aromatic heterocycles. The average Bonchev–Trinajstić information content (AvgIpc) is 3.22. The van der Waals surface area contributed by atoms with Crippen molar-refractivity contribution in [3.8, 4) is 11.5 Å². The fourth-order valence-electron chi connectivity index (χ4n) is 2.24. The van der Waals surface area contributed by atoms with Crippen molar-refractivity contribution < 1.29 is 12.8 Å². The predicted octanol–water partition coefficient (Wildman–Crippen LogP) is 2.42. The molecule has 2 heterocycles. The van der Waals surface area contributed by atoms with Gasteiger partial charge in [0.25, 0.3) is 0 Å². The summed E-state index contributed by atoms with van der Waals surface area (Å²) >= 11 is 0. The Balaban J connectivity index is 1.73. The molecule has 0 aliphatic carbocycles. The first-order valence-corrected chi connectivity index (χ1v) is 9.27. The standard InChI is InChI=1S/C16H18N4O3S/c1-12-10-17-20(11-12)8-9-24(21,22)13(2)15-18-19-16(23-15)14-6-4-3-5-7-14/h3-7,10-11,13H,8-9H2,1-2H3. The minimum Gasteiger partial charge on any atom is -0.419 e. The van der Waals surface area contributed by atoms with Crippen molar-refractivity contribution >= 4 is 9.84 Å². The van der Waals surface area contributed by atoms with Crippen molar-refractivity contribution in [1.82, 2.24) is 20.0 Å². The van der Waals surface area contributed by atoms with Crippen molar-refractivity contribution in [2.24, 2.45) is 0 Å². The maximum absolute atomic E-state index is 12.5. The lowest BCUT2D eigenvalue weighted by Crippen LogP contribution is -2.18. The molecule has 0 aliphatic heterocycles. The molecule has 0 fully saturated rings. The van der Waals surface area contributed by atoms with Crippen LogP contribution in [0.5, 0.6) is 0 Å². The molecule has 0 radical (unpaired) electrons. The van der Waals surface area contributed by atoms with Crippen molar-refractivity contribution in [2.75, 3.05) is 5.75 Å². The second-order valence-electron chi connectivity index (χ2n) is 5.60. The Kier molecular flexibility index (Phi) is 4.48. The van der Waals surface area contributed by atoms with Gasteiger partial charge in [-0.05, 0) is 31.5 Å². The molecule has 3 aromatic rings. The van der Waals surface area contributed by atoms with E-state index in [2.05, 4.69) is 15.3 Å². The van der Waals surface area contributed by atoms with Gasteiger partial charge >= 0.3 is 0 Å². The number of benzene rings is 1. The van der Waals surface area contributed by atoms with E-state index in [4.69, 9.17) is 4.42 Å². The predicted molar refractivity (Wildman–Crippen MR) is 88.9 cm³/mol. The van der Waals surface area contributed by atoms with Crippen molar-refractivity contribution in [1.29, 1.82) is 0 Å².